The third kappa shape index (κ3) is 3.71. The smallest absolute Gasteiger partial charge is 0.272 e. The van der Waals surface area contributed by atoms with E-state index in [1.54, 1.807) is 6.92 Å². The maximum Gasteiger partial charge on any atom is 0.272 e. The Kier molecular flexibility index (Phi) is 5.02. The number of fused-ring (bicyclic) bond motifs is 1. The van der Waals surface area contributed by atoms with Gasteiger partial charge in [-0.3, -0.25) is 4.79 Å². The molecule has 7 heteroatoms. The highest BCUT2D eigenvalue weighted by molar-refractivity contribution is 5.80. The fourth-order valence-corrected chi connectivity index (χ4v) is 4.26. The van der Waals surface area contributed by atoms with E-state index in [9.17, 15) is 4.79 Å². The van der Waals surface area contributed by atoms with Crippen LogP contribution in [-0.2, 0) is 0 Å². The molecule has 31 heavy (non-hydrogen) atoms. The molecule has 1 aliphatic carbocycles. The average Bonchev–Trinajstić information content (AvgIpc) is 3.48. The van der Waals surface area contributed by atoms with Gasteiger partial charge in [0, 0.05) is 11.6 Å². The predicted molar refractivity (Wildman–Crippen MR) is 117 cm³/mol. The molecule has 0 aliphatic heterocycles. The summed E-state index contributed by atoms with van der Waals surface area (Å²) in [6, 6.07) is 15.6. The second kappa shape index (κ2) is 7.98. The maximum atomic E-state index is 12.8. The minimum atomic E-state index is -0.378. The van der Waals surface area contributed by atoms with E-state index >= 15 is 0 Å². The lowest BCUT2D eigenvalue weighted by atomic mass is 10.1. The Balaban J connectivity index is 1.47. The molecule has 1 unspecified atom stereocenters. The second-order valence-corrected chi connectivity index (χ2v) is 8.04. The van der Waals surface area contributed by atoms with E-state index < -0.39 is 0 Å². The Morgan fingerprint density at radius 2 is 1.87 bits per heavy atom. The van der Waals surface area contributed by atoms with E-state index in [1.807, 2.05) is 60.0 Å². The van der Waals surface area contributed by atoms with Crippen molar-refractivity contribution >= 4 is 11.0 Å². The van der Waals surface area contributed by atoms with E-state index in [2.05, 4.69) is 15.1 Å². The van der Waals surface area contributed by atoms with Crippen LogP contribution in [0.2, 0.25) is 0 Å². The maximum absolute atomic E-state index is 12.8. The van der Waals surface area contributed by atoms with Crippen molar-refractivity contribution < 1.29 is 9.26 Å². The summed E-state index contributed by atoms with van der Waals surface area (Å²) >= 11 is 0. The van der Waals surface area contributed by atoms with Crippen LogP contribution >= 0.6 is 0 Å². The molecule has 1 fully saturated rings. The zero-order chi connectivity index (χ0) is 21.4. The number of para-hydroxylation sites is 1. The van der Waals surface area contributed by atoms with Crippen molar-refractivity contribution in [3.63, 3.8) is 0 Å². The molecule has 0 amide bonds. The van der Waals surface area contributed by atoms with Gasteiger partial charge in [0.05, 0.1) is 11.0 Å². The largest absolute Gasteiger partial charge is 0.481 e. The van der Waals surface area contributed by atoms with Crippen molar-refractivity contribution in [2.45, 2.75) is 51.7 Å². The third-order valence-electron chi connectivity index (χ3n) is 5.85. The van der Waals surface area contributed by atoms with Gasteiger partial charge >= 0.3 is 0 Å². The first-order valence-electron chi connectivity index (χ1n) is 10.7. The lowest BCUT2D eigenvalue weighted by molar-refractivity contribution is 0.176. The van der Waals surface area contributed by atoms with Crippen LogP contribution < -0.4 is 10.3 Å². The summed E-state index contributed by atoms with van der Waals surface area (Å²) in [7, 11) is 0. The van der Waals surface area contributed by atoms with E-state index in [0.717, 1.165) is 48.0 Å². The number of hydrogen-bond donors (Lipinski definition) is 0. The number of rotatable bonds is 5. The highest BCUT2D eigenvalue weighted by atomic mass is 16.5. The Morgan fingerprint density at radius 1 is 1.10 bits per heavy atom. The summed E-state index contributed by atoms with van der Waals surface area (Å²) in [5, 5.41) is 4.13. The number of aryl methyl sites for hydroxylation is 1. The van der Waals surface area contributed by atoms with Crippen LogP contribution in [0.5, 0.6) is 5.75 Å². The molecular formula is C24H24N4O3. The molecule has 5 rings (SSSR count). The Morgan fingerprint density at radius 3 is 2.65 bits per heavy atom. The van der Waals surface area contributed by atoms with Crippen LogP contribution in [0.3, 0.4) is 0 Å². The normalized spacial score (nSPS) is 15.4. The van der Waals surface area contributed by atoms with E-state index in [4.69, 9.17) is 9.26 Å². The van der Waals surface area contributed by atoms with Crippen LogP contribution in [0.25, 0.3) is 22.4 Å². The van der Waals surface area contributed by atoms with Crippen molar-refractivity contribution in [3.05, 3.63) is 70.5 Å². The number of ether oxygens (including phenoxy) is 1. The van der Waals surface area contributed by atoms with Gasteiger partial charge in [0.2, 0.25) is 5.82 Å². The van der Waals surface area contributed by atoms with Gasteiger partial charge < -0.3 is 13.8 Å². The fourth-order valence-electron chi connectivity index (χ4n) is 4.26. The molecule has 2 aromatic heterocycles. The number of nitrogens with zero attached hydrogens (tertiary/aromatic N) is 4. The zero-order valence-corrected chi connectivity index (χ0v) is 17.6. The molecule has 158 valence electrons. The van der Waals surface area contributed by atoms with Crippen molar-refractivity contribution in [3.8, 4) is 17.1 Å². The lowest BCUT2D eigenvalue weighted by Crippen LogP contribution is -2.26. The summed E-state index contributed by atoms with van der Waals surface area (Å²) < 4.78 is 13.2. The lowest BCUT2D eigenvalue weighted by Gasteiger charge is -2.17. The second-order valence-electron chi connectivity index (χ2n) is 8.04. The van der Waals surface area contributed by atoms with Crippen LogP contribution in [0.1, 0.15) is 56.3 Å². The van der Waals surface area contributed by atoms with Gasteiger partial charge in [-0.1, -0.05) is 36.2 Å². The Hall–Kier alpha value is -3.48. The summed E-state index contributed by atoms with van der Waals surface area (Å²) in [4.78, 5) is 21.9. The first-order chi connectivity index (χ1) is 15.1. The monoisotopic (exact) mass is 416 g/mol. The molecule has 1 saturated carbocycles. The highest BCUT2D eigenvalue weighted by Gasteiger charge is 2.22. The Bertz CT molecular complexity index is 1270. The van der Waals surface area contributed by atoms with Crippen LogP contribution in [0.4, 0.5) is 0 Å². The average molecular weight is 416 g/mol. The van der Waals surface area contributed by atoms with Gasteiger partial charge in [0.1, 0.15) is 11.4 Å². The molecule has 0 N–H and O–H groups in total. The summed E-state index contributed by atoms with van der Waals surface area (Å²) in [6.07, 6.45) is 4.01. The molecule has 0 bridgehead atoms. The minimum absolute atomic E-state index is 0.000817. The molecule has 2 heterocycles. The van der Waals surface area contributed by atoms with Crippen molar-refractivity contribution in [2.75, 3.05) is 0 Å². The minimum Gasteiger partial charge on any atom is -0.481 e. The van der Waals surface area contributed by atoms with Gasteiger partial charge in [0.15, 0.2) is 6.10 Å². The van der Waals surface area contributed by atoms with E-state index in [0.29, 0.717) is 17.4 Å². The number of benzene rings is 2. The number of hydrogen-bond acceptors (Lipinski definition) is 6. The molecular weight excluding hydrogens is 392 g/mol. The first-order valence-corrected chi connectivity index (χ1v) is 10.7. The van der Waals surface area contributed by atoms with Crippen LogP contribution in [0, 0.1) is 6.92 Å². The van der Waals surface area contributed by atoms with Crippen molar-refractivity contribution in [2.24, 2.45) is 0 Å². The molecule has 1 aliphatic rings. The Labute approximate surface area is 179 Å². The zero-order valence-electron chi connectivity index (χ0n) is 17.6. The fraction of sp³-hybridized carbons (Fsp3) is 0.333. The highest BCUT2D eigenvalue weighted by Crippen LogP contribution is 2.31. The van der Waals surface area contributed by atoms with E-state index in [1.165, 1.54) is 0 Å². The quantitative estimate of drug-likeness (QED) is 0.455. The van der Waals surface area contributed by atoms with Gasteiger partial charge in [-0.25, -0.2) is 4.98 Å². The van der Waals surface area contributed by atoms with Gasteiger partial charge in [0.25, 0.3) is 11.4 Å². The molecule has 2 aromatic carbocycles. The molecule has 0 radical (unpaired) electrons. The standard InChI is InChI=1S/C24H24N4O3/c1-15-24(29)28(18-8-6-7-9-18)21-13-12-17(14-20(21)25-15)22-26-23(31-27-22)16(2)30-19-10-4-3-5-11-19/h3-5,10-14,16,18H,6-9H2,1-2H3. The summed E-state index contributed by atoms with van der Waals surface area (Å²) in [5.74, 6) is 1.61. The molecule has 0 spiro atoms. The van der Waals surface area contributed by atoms with Crippen LogP contribution in [0.15, 0.2) is 57.8 Å². The molecule has 7 nitrogen and oxygen atoms in total. The van der Waals surface area contributed by atoms with E-state index in [-0.39, 0.29) is 17.7 Å². The topological polar surface area (TPSA) is 83.0 Å². The first kappa shape index (κ1) is 19.5. The third-order valence-corrected chi connectivity index (χ3v) is 5.85. The van der Waals surface area contributed by atoms with Crippen LogP contribution in [-0.4, -0.2) is 19.7 Å². The molecule has 4 aromatic rings. The molecule has 0 saturated heterocycles. The summed E-state index contributed by atoms with van der Waals surface area (Å²) in [5.41, 5.74) is 2.92. The van der Waals surface area contributed by atoms with Crippen molar-refractivity contribution in [1.82, 2.24) is 19.7 Å². The number of aromatic nitrogens is 4. The predicted octanol–water partition coefficient (Wildman–Crippen LogP) is 5.01. The van der Waals surface area contributed by atoms with Gasteiger partial charge in [-0.05, 0) is 57.0 Å². The molecule has 1 atom stereocenters. The summed E-state index contributed by atoms with van der Waals surface area (Å²) in [6.45, 7) is 3.64. The van der Waals surface area contributed by atoms with Gasteiger partial charge in [-0.15, -0.1) is 0 Å². The van der Waals surface area contributed by atoms with Gasteiger partial charge in [-0.2, -0.15) is 4.98 Å². The van der Waals surface area contributed by atoms with Crippen molar-refractivity contribution in [1.29, 1.82) is 0 Å². The SMILES string of the molecule is Cc1nc2cc(-c3noc(C(C)Oc4ccccc4)n3)ccc2n(C2CCCC2)c1=O.